The number of hydrogen-bond acceptors (Lipinski definition) is 6. The maximum Gasteiger partial charge on any atom is 0.289 e. The molecule has 0 bridgehead atoms. The zero-order valence-electron chi connectivity index (χ0n) is 16.5. The fourth-order valence-electron chi connectivity index (χ4n) is 3.35. The fraction of sp³-hybridized carbons (Fsp3) is 0.238. The largest absolute Gasteiger partial charge is 0.492 e. The molecule has 0 aliphatic carbocycles. The smallest absolute Gasteiger partial charge is 0.289 e. The van der Waals surface area contributed by atoms with E-state index in [2.05, 4.69) is 15.2 Å². The van der Waals surface area contributed by atoms with Crippen LogP contribution in [0.2, 0.25) is 0 Å². The zero-order valence-corrected chi connectivity index (χ0v) is 16.5. The number of ether oxygens (including phenoxy) is 1. The normalized spacial score (nSPS) is 11.1. The van der Waals surface area contributed by atoms with E-state index < -0.39 is 0 Å². The van der Waals surface area contributed by atoms with Gasteiger partial charge in [0.15, 0.2) is 0 Å². The van der Waals surface area contributed by atoms with Gasteiger partial charge < -0.3 is 10.6 Å². The van der Waals surface area contributed by atoms with E-state index in [1.807, 2.05) is 49.4 Å². The molecule has 0 amide bonds. The van der Waals surface area contributed by atoms with E-state index in [0.717, 1.165) is 16.3 Å². The molecule has 0 atom stereocenters. The summed E-state index contributed by atoms with van der Waals surface area (Å²) in [5.41, 5.74) is 1.61. The third-order valence-electron chi connectivity index (χ3n) is 4.84. The molecule has 2 aromatic carbocycles. The highest BCUT2D eigenvalue weighted by atomic mass is 16.5. The Morgan fingerprint density at radius 2 is 1.87 bits per heavy atom. The minimum absolute atomic E-state index is 0.0547. The van der Waals surface area contributed by atoms with Crippen LogP contribution in [0.4, 0.5) is 0 Å². The van der Waals surface area contributed by atoms with Gasteiger partial charge in [-0.3, -0.25) is 14.2 Å². The predicted octanol–water partition coefficient (Wildman–Crippen LogP) is 1.23. The quantitative estimate of drug-likeness (QED) is 0.445. The lowest BCUT2D eigenvalue weighted by molar-refractivity contribution is 0.293. The molecule has 0 radical (unpaired) electrons. The third-order valence-corrected chi connectivity index (χ3v) is 4.84. The number of nitrogens with one attached hydrogen (secondary N) is 1. The van der Waals surface area contributed by atoms with Gasteiger partial charge in [-0.1, -0.05) is 31.2 Å². The first-order chi connectivity index (χ1) is 14.5. The molecule has 0 saturated heterocycles. The summed E-state index contributed by atoms with van der Waals surface area (Å²) in [6.45, 7) is 2.72. The number of benzene rings is 2. The van der Waals surface area contributed by atoms with Gasteiger partial charge in [0.25, 0.3) is 11.1 Å². The number of aromatic amines is 1. The lowest BCUT2D eigenvalue weighted by atomic mass is 10.1. The van der Waals surface area contributed by atoms with Crippen molar-refractivity contribution in [3.8, 4) is 5.75 Å². The summed E-state index contributed by atoms with van der Waals surface area (Å²) < 4.78 is 7.49. The van der Waals surface area contributed by atoms with Gasteiger partial charge in [-0.25, -0.2) is 10.1 Å². The number of aromatic nitrogens is 5. The number of nitrogens with zero attached hydrogens (tertiary/aromatic N) is 4. The number of para-hydroxylation sites is 1. The van der Waals surface area contributed by atoms with E-state index in [9.17, 15) is 9.59 Å². The first-order valence-corrected chi connectivity index (χ1v) is 9.68. The van der Waals surface area contributed by atoms with Crippen LogP contribution in [-0.2, 0) is 19.4 Å². The summed E-state index contributed by atoms with van der Waals surface area (Å²) in [5, 5.41) is 6.90. The maximum atomic E-state index is 12.8. The summed E-state index contributed by atoms with van der Waals surface area (Å²) in [6, 6.07) is 14.7. The molecule has 9 nitrogen and oxygen atoms in total. The molecule has 0 saturated carbocycles. The molecule has 0 spiro atoms. The van der Waals surface area contributed by atoms with Crippen molar-refractivity contribution in [1.82, 2.24) is 24.7 Å². The van der Waals surface area contributed by atoms with Crippen molar-refractivity contribution < 1.29 is 4.74 Å². The molecular formula is C21H22N6O3. The van der Waals surface area contributed by atoms with Gasteiger partial charge in [-0.05, 0) is 29.8 Å². The second-order valence-electron chi connectivity index (χ2n) is 6.86. The fourth-order valence-corrected chi connectivity index (χ4v) is 3.35. The van der Waals surface area contributed by atoms with E-state index in [-0.39, 0.29) is 11.1 Å². The van der Waals surface area contributed by atoms with Crippen LogP contribution in [0.15, 0.2) is 58.1 Å². The first-order valence-electron chi connectivity index (χ1n) is 9.68. The first kappa shape index (κ1) is 19.4. The van der Waals surface area contributed by atoms with Gasteiger partial charge in [-0.15, -0.1) is 10.0 Å². The molecule has 4 rings (SSSR count). The van der Waals surface area contributed by atoms with Gasteiger partial charge in [-0.2, -0.15) is 0 Å². The van der Waals surface area contributed by atoms with Crippen molar-refractivity contribution in [2.75, 3.05) is 12.4 Å². The van der Waals surface area contributed by atoms with Crippen molar-refractivity contribution in [3.05, 3.63) is 86.3 Å². The van der Waals surface area contributed by atoms with E-state index in [0.29, 0.717) is 48.3 Å². The molecule has 30 heavy (non-hydrogen) atoms. The second-order valence-corrected chi connectivity index (χ2v) is 6.86. The van der Waals surface area contributed by atoms with E-state index >= 15 is 0 Å². The molecule has 2 heterocycles. The lowest BCUT2D eigenvalue weighted by Gasteiger charge is -2.13. The lowest BCUT2D eigenvalue weighted by Crippen LogP contribution is -2.27. The molecule has 4 aromatic rings. The molecular weight excluding hydrogens is 384 g/mol. The number of fused-ring (bicyclic) bond motifs is 1. The van der Waals surface area contributed by atoms with Crippen LogP contribution >= 0.6 is 0 Å². The molecule has 154 valence electrons. The molecule has 3 N–H and O–H groups in total. The number of H-pyrrole nitrogens is 1. The van der Waals surface area contributed by atoms with Crippen LogP contribution in [0.25, 0.3) is 10.9 Å². The minimum atomic E-state index is -0.306. The molecule has 0 unspecified atom stereocenters. The minimum Gasteiger partial charge on any atom is -0.492 e. The summed E-state index contributed by atoms with van der Waals surface area (Å²) >= 11 is 0. The number of nitrogen functional groups attached to an aromatic ring is 1. The van der Waals surface area contributed by atoms with Gasteiger partial charge in [0.1, 0.15) is 23.9 Å². The van der Waals surface area contributed by atoms with Crippen molar-refractivity contribution in [3.63, 3.8) is 0 Å². The Labute approximate surface area is 171 Å². The standard InChI is InChI=1S/C21H22N6O3/c1-2-19-23-17-6-4-3-5-16(17)21(29)26(19)11-12-30-15-9-7-14(8-10-15)13-18-20(28)25-27(22)24-18/h3-10H,2,11-13,22H2,1H3,(H,25,28). The van der Waals surface area contributed by atoms with E-state index in [1.54, 1.807) is 10.6 Å². The summed E-state index contributed by atoms with van der Waals surface area (Å²) in [4.78, 5) is 30.0. The Kier molecular flexibility index (Phi) is 5.34. The Hall–Kier alpha value is -3.88. The Morgan fingerprint density at radius 3 is 2.57 bits per heavy atom. The number of hydrogen-bond donors (Lipinski definition) is 2. The zero-order chi connectivity index (χ0) is 21.1. The van der Waals surface area contributed by atoms with Crippen LogP contribution in [0.3, 0.4) is 0 Å². The average molecular weight is 406 g/mol. The van der Waals surface area contributed by atoms with E-state index in [4.69, 9.17) is 10.6 Å². The highest BCUT2D eigenvalue weighted by Crippen LogP contribution is 2.14. The van der Waals surface area contributed by atoms with Crippen molar-refractivity contribution in [1.29, 1.82) is 0 Å². The Balaban J connectivity index is 1.43. The van der Waals surface area contributed by atoms with Crippen LogP contribution in [-0.4, -0.2) is 31.3 Å². The van der Waals surface area contributed by atoms with Gasteiger partial charge in [0.05, 0.1) is 17.4 Å². The number of nitrogens with two attached hydrogens (primary N) is 1. The van der Waals surface area contributed by atoms with Crippen molar-refractivity contribution in [2.45, 2.75) is 26.3 Å². The predicted molar refractivity (Wildman–Crippen MR) is 113 cm³/mol. The number of rotatable bonds is 7. The molecule has 0 fully saturated rings. The third kappa shape index (κ3) is 3.95. The SMILES string of the molecule is CCc1nc2ccccc2c(=O)n1CCOc1ccc(Cc2nn(N)[nH]c2=O)cc1. The monoisotopic (exact) mass is 406 g/mol. The highest BCUT2D eigenvalue weighted by molar-refractivity contribution is 5.77. The van der Waals surface area contributed by atoms with Crippen LogP contribution in [0.1, 0.15) is 24.0 Å². The highest BCUT2D eigenvalue weighted by Gasteiger charge is 2.10. The topological polar surface area (TPSA) is 121 Å². The van der Waals surface area contributed by atoms with Gasteiger partial charge in [0, 0.05) is 12.8 Å². The Morgan fingerprint density at radius 1 is 1.10 bits per heavy atom. The van der Waals surface area contributed by atoms with Crippen molar-refractivity contribution >= 4 is 10.9 Å². The van der Waals surface area contributed by atoms with Crippen molar-refractivity contribution in [2.24, 2.45) is 0 Å². The summed E-state index contributed by atoms with van der Waals surface area (Å²) in [5.74, 6) is 6.84. The van der Waals surface area contributed by atoms with Crippen LogP contribution in [0, 0.1) is 0 Å². The molecule has 9 heteroatoms. The van der Waals surface area contributed by atoms with Crippen LogP contribution < -0.4 is 21.7 Å². The maximum absolute atomic E-state index is 12.8. The molecule has 2 aromatic heterocycles. The summed E-state index contributed by atoms with van der Waals surface area (Å²) in [6.07, 6.45) is 1.03. The van der Waals surface area contributed by atoms with Gasteiger partial charge >= 0.3 is 0 Å². The average Bonchev–Trinajstić information content (AvgIpc) is 3.07. The Bertz CT molecular complexity index is 1290. The molecule has 0 aliphatic rings. The van der Waals surface area contributed by atoms with Gasteiger partial charge in [0.2, 0.25) is 0 Å². The van der Waals surface area contributed by atoms with Crippen LogP contribution in [0.5, 0.6) is 5.75 Å². The van der Waals surface area contributed by atoms with E-state index in [1.165, 1.54) is 0 Å². The summed E-state index contributed by atoms with van der Waals surface area (Å²) in [7, 11) is 0. The molecule has 0 aliphatic heterocycles. The number of aryl methyl sites for hydroxylation is 1. The second kappa shape index (κ2) is 8.24.